The number of nitrogens with two attached hydrogens (primary N) is 1. The van der Waals surface area contributed by atoms with Gasteiger partial charge in [0.05, 0.1) is 6.10 Å². The Morgan fingerprint density at radius 2 is 2.27 bits per heavy atom. The summed E-state index contributed by atoms with van der Waals surface area (Å²) in [5, 5.41) is 0. The van der Waals surface area contributed by atoms with E-state index in [1.54, 1.807) is 6.07 Å². The lowest BCUT2D eigenvalue weighted by Gasteiger charge is -2.10. The monoisotopic (exact) mass is 205 g/mol. The van der Waals surface area contributed by atoms with Gasteiger partial charge in [-0.15, -0.1) is 0 Å². The Hall–Kier alpha value is -1.51. The smallest absolute Gasteiger partial charge is 0.248 e. The van der Waals surface area contributed by atoms with Gasteiger partial charge in [-0.25, -0.2) is 0 Å². The van der Waals surface area contributed by atoms with E-state index < -0.39 is 0 Å². The molecule has 3 heteroatoms. The van der Waals surface area contributed by atoms with E-state index in [0.717, 1.165) is 30.6 Å². The summed E-state index contributed by atoms with van der Waals surface area (Å²) in [7, 11) is 0. The third-order valence-electron chi connectivity index (χ3n) is 2.54. The first-order chi connectivity index (χ1) is 7.20. The van der Waals surface area contributed by atoms with Crippen LogP contribution in [-0.2, 0) is 6.42 Å². The molecule has 1 fully saturated rings. The lowest BCUT2D eigenvalue weighted by Crippen LogP contribution is -2.11. The van der Waals surface area contributed by atoms with E-state index in [1.807, 2.05) is 19.1 Å². The molecule has 1 amide bonds. The number of amides is 1. The summed E-state index contributed by atoms with van der Waals surface area (Å²) in [4.78, 5) is 11.0. The van der Waals surface area contributed by atoms with Crippen LogP contribution < -0.4 is 10.5 Å². The van der Waals surface area contributed by atoms with E-state index in [1.165, 1.54) is 0 Å². The predicted octanol–water partition coefficient (Wildman–Crippen LogP) is 1.89. The number of carbonyl (C=O) groups is 1. The minimum absolute atomic E-state index is 0.384. The molecule has 0 saturated heterocycles. The average molecular weight is 205 g/mol. The summed E-state index contributed by atoms with van der Waals surface area (Å²) in [6.45, 7) is 2.04. The van der Waals surface area contributed by atoms with Crippen molar-refractivity contribution in [1.29, 1.82) is 0 Å². The molecule has 2 N–H and O–H groups in total. The number of ether oxygens (including phenoxy) is 1. The summed E-state index contributed by atoms with van der Waals surface area (Å²) in [6.07, 6.45) is 3.51. The first-order valence-corrected chi connectivity index (χ1v) is 5.30. The second-order valence-corrected chi connectivity index (χ2v) is 3.86. The maximum Gasteiger partial charge on any atom is 0.248 e. The van der Waals surface area contributed by atoms with E-state index in [2.05, 4.69) is 0 Å². The van der Waals surface area contributed by atoms with Crippen LogP contribution >= 0.6 is 0 Å². The highest BCUT2D eigenvalue weighted by Crippen LogP contribution is 2.29. The van der Waals surface area contributed by atoms with Gasteiger partial charge >= 0.3 is 0 Å². The van der Waals surface area contributed by atoms with Crippen LogP contribution in [0.1, 0.15) is 35.7 Å². The van der Waals surface area contributed by atoms with Gasteiger partial charge in [0.25, 0.3) is 0 Å². The number of benzene rings is 1. The fourth-order valence-corrected chi connectivity index (χ4v) is 1.49. The fourth-order valence-electron chi connectivity index (χ4n) is 1.49. The van der Waals surface area contributed by atoms with Crippen LogP contribution in [0.5, 0.6) is 5.75 Å². The third kappa shape index (κ3) is 2.29. The molecule has 2 rings (SSSR count). The van der Waals surface area contributed by atoms with Crippen molar-refractivity contribution >= 4 is 5.91 Å². The minimum Gasteiger partial charge on any atom is -0.490 e. The Labute approximate surface area is 89.2 Å². The number of rotatable bonds is 4. The topological polar surface area (TPSA) is 52.3 Å². The van der Waals surface area contributed by atoms with Gasteiger partial charge in [-0.3, -0.25) is 4.79 Å². The minimum atomic E-state index is -0.386. The Balaban J connectivity index is 2.25. The van der Waals surface area contributed by atoms with E-state index in [0.29, 0.717) is 11.7 Å². The molecule has 0 bridgehead atoms. The SMILES string of the molecule is CCc1cc(C(N)=O)ccc1OC1CC1. The van der Waals surface area contributed by atoms with Crippen LogP contribution in [0.25, 0.3) is 0 Å². The predicted molar refractivity (Wildman–Crippen MR) is 58.0 cm³/mol. The summed E-state index contributed by atoms with van der Waals surface area (Å²) in [5.41, 5.74) is 6.83. The zero-order chi connectivity index (χ0) is 10.8. The van der Waals surface area contributed by atoms with Crippen LogP contribution in [0.2, 0.25) is 0 Å². The molecule has 0 unspecified atom stereocenters. The molecule has 0 atom stereocenters. The normalized spacial score (nSPS) is 15.0. The van der Waals surface area contributed by atoms with Gasteiger partial charge in [-0.1, -0.05) is 6.92 Å². The molecule has 80 valence electrons. The van der Waals surface area contributed by atoms with E-state index in [9.17, 15) is 4.79 Å². The van der Waals surface area contributed by atoms with Crippen molar-refractivity contribution < 1.29 is 9.53 Å². The van der Waals surface area contributed by atoms with Crippen molar-refractivity contribution in [3.8, 4) is 5.75 Å². The molecule has 3 nitrogen and oxygen atoms in total. The van der Waals surface area contributed by atoms with Gasteiger partial charge in [0.15, 0.2) is 0 Å². The molecular formula is C12H15NO2. The molecule has 1 saturated carbocycles. The lowest BCUT2D eigenvalue weighted by molar-refractivity contribution is 0.1000. The van der Waals surface area contributed by atoms with Crippen LogP contribution in [0.4, 0.5) is 0 Å². The first-order valence-electron chi connectivity index (χ1n) is 5.30. The molecule has 1 aliphatic rings. The molecule has 1 aliphatic carbocycles. The second kappa shape index (κ2) is 3.93. The van der Waals surface area contributed by atoms with Crippen LogP contribution in [-0.4, -0.2) is 12.0 Å². The van der Waals surface area contributed by atoms with Crippen LogP contribution in [0, 0.1) is 0 Å². The Bertz CT molecular complexity index is 383. The zero-order valence-electron chi connectivity index (χ0n) is 8.82. The standard InChI is InChI=1S/C12H15NO2/c1-2-8-7-9(12(13)14)3-6-11(8)15-10-4-5-10/h3,6-7,10H,2,4-5H2,1H3,(H2,13,14). The summed E-state index contributed by atoms with van der Waals surface area (Å²) >= 11 is 0. The fraction of sp³-hybridized carbons (Fsp3) is 0.417. The van der Waals surface area contributed by atoms with Gasteiger partial charge in [0, 0.05) is 5.56 Å². The van der Waals surface area contributed by atoms with Crippen molar-refractivity contribution in [2.45, 2.75) is 32.3 Å². The zero-order valence-corrected chi connectivity index (χ0v) is 8.82. The van der Waals surface area contributed by atoms with Gasteiger partial charge in [-0.2, -0.15) is 0 Å². The van der Waals surface area contributed by atoms with E-state index >= 15 is 0 Å². The van der Waals surface area contributed by atoms with Crippen molar-refractivity contribution in [2.24, 2.45) is 5.73 Å². The van der Waals surface area contributed by atoms with Crippen molar-refractivity contribution in [3.63, 3.8) is 0 Å². The van der Waals surface area contributed by atoms with Gasteiger partial charge in [0.1, 0.15) is 5.75 Å². The van der Waals surface area contributed by atoms with Crippen molar-refractivity contribution in [3.05, 3.63) is 29.3 Å². The molecule has 0 heterocycles. The number of hydrogen-bond acceptors (Lipinski definition) is 2. The van der Waals surface area contributed by atoms with Crippen molar-refractivity contribution in [1.82, 2.24) is 0 Å². The molecule has 1 aromatic rings. The van der Waals surface area contributed by atoms with E-state index in [4.69, 9.17) is 10.5 Å². The average Bonchev–Trinajstić information content (AvgIpc) is 3.02. The number of primary amides is 1. The summed E-state index contributed by atoms with van der Waals surface area (Å²) in [6, 6.07) is 5.39. The number of hydrogen-bond donors (Lipinski definition) is 1. The maximum absolute atomic E-state index is 11.0. The van der Waals surface area contributed by atoms with E-state index in [-0.39, 0.29) is 5.91 Å². The maximum atomic E-state index is 11.0. The van der Waals surface area contributed by atoms with Crippen LogP contribution in [0.3, 0.4) is 0 Å². The highest BCUT2D eigenvalue weighted by atomic mass is 16.5. The summed E-state index contributed by atoms with van der Waals surface area (Å²) in [5.74, 6) is 0.507. The molecule has 0 radical (unpaired) electrons. The molecule has 15 heavy (non-hydrogen) atoms. The summed E-state index contributed by atoms with van der Waals surface area (Å²) < 4.78 is 5.73. The van der Waals surface area contributed by atoms with Crippen LogP contribution in [0.15, 0.2) is 18.2 Å². The highest BCUT2D eigenvalue weighted by Gasteiger charge is 2.24. The highest BCUT2D eigenvalue weighted by molar-refractivity contribution is 5.93. The number of aryl methyl sites for hydroxylation is 1. The van der Waals surface area contributed by atoms with Gasteiger partial charge < -0.3 is 10.5 Å². The number of carbonyl (C=O) groups excluding carboxylic acids is 1. The molecule has 0 spiro atoms. The Morgan fingerprint density at radius 1 is 1.53 bits per heavy atom. The molecule has 0 aliphatic heterocycles. The third-order valence-corrected chi connectivity index (χ3v) is 2.54. The quantitative estimate of drug-likeness (QED) is 0.816. The Morgan fingerprint density at radius 3 is 2.80 bits per heavy atom. The lowest BCUT2D eigenvalue weighted by atomic mass is 10.1. The molecule has 1 aromatic carbocycles. The molecule has 0 aromatic heterocycles. The van der Waals surface area contributed by atoms with Gasteiger partial charge in [0.2, 0.25) is 5.91 Å². The van der Waals surface area contributed by atoms with Gasteiger partial charge in [-0.05, 0) is 43.0 Å². The van der Waals surface area contributed by atoms with Crippen molar-refractivity contribution in [2.75, 3.05) is 0 Å². The Kier molecular flexibility index (Phi) is 2.62. The molecular weight excluding hydrogens is 190 g/mol. The largest absolute Gasteiger partial charge is 0.490 e. The second-order valence-electron chi connectivity index (χ2n) is 3.86. The first kappa shape index (κ1) is 10.0.